The van der Waals surface area contributed by atoms with E-state index < -0.39 is 0 Å². The first kappa shape index (κ1) is 15.0. The normalized spacial score (nSPS) is 23.5. The summed E-state index contributed by atoms with van der Waals surface area (Å²) in [5.74, 6) is 0.955. The highest BCUT2D eigenvalue weighted by atomic mass is 32.1. The van der Waals surface area contributed by atoms with Crippen molar-refractivity contribution in [3.8, 4) is 5.75 Å². The van der Waals surface area contributed by atoms with E-state index in [-0.39, 0.29) is 17.2 Å². The Morgan fingerprint density at radius 3 is 2.82 bits per heavy atom. The SMILES string of the molecule is COc1cccc([C@H]2NC(=S)NC3=C2C(=O)CC(C)(C)C3)c1. The van der Waals surface area contributed by atoms with Crippen LogP contribution in [-0.4, -0.2) is 18.0 Å². The average Bonchev–Trinajstić information content (AvgIpc) is 2.44. The summed E-state index contributed by atoms with van der Waals surface area (Å²) in [5.41, 5.74) is 2.72. The van der Waals surface area contributed by atoms with E-state index in [1.54, 1.807) is 7.11 Å². The van der Waals surface area contributed by atoms with E-state index in [9.17, 15) is 4.79 Å². The Morgan fingerprint density at radius 2 is 2.09 bits per heavy atom. The molecule has 5 heteroatoms. The average molecular weight is 316 g/mol. The minimum absolute atomic E-state index is 0.0329. The number of thiocarbonyl (C=S) groups is 1. The molecule has 116 valence electrons. The van der Waals surface area contributed by atoms with Gasteiger partial charge in [0.05, 0.1) is 13.2 Å². The van der Waals surface area contributed by atoms with E-state index in [1.165, 1.54) is 0 Å². The smallest absolute Gasteiger partial charge is 0.171 e. The van der Waals surface area contributed by atoms with Crippen molar-refractivity contribution in [1.29, 1.82) is 0 Å². The summed E-state index contributed by atoms with van der Waals surface area (Å²) in [5, 5.41) is 6.97. The Balaban J connectivity index is 2.06. The van der Waals surface area contributed by atoms with Crippen LogP contribution >= 0.6 is 12.2 Å². The van der Waals surface area contributed by atoms with Gasteiger partial charge in [-0.25, -0.2) is 0 Å². The molecule has 0 radical (unpaired) electrons. The molecule has 3 rings (SSSR count). The molecule has 22 heavy (non-hydrogen) atoms. The Labute approximate surface area is 135 Å². The number of Topliss-reactive ketones (excluding diaryl/α,β-unsaturated/α-hetero) is 1. The number of nitrogens with one attached hydrogen (secondary N) is 2. The van der Waals surface area contributed by atoms with E-state index in [2.05, 4.69) is 24.5 Å². The number of ether oxygens (including phenoxy) is 1. The van der Waals surface area contributed by atoms with Gasteiger partial charge >= 0.3 is 0 Å². The molecule has 0 aromatic heterocycles. The topological polar surface area (TPSA) is 50.4 Å². The standard InChI is InChI=1S/C17H20N2O2S/c1-17(2)8-12-14(13(20)9-17)15(19-16(22)18-12)10-5-4-6-11(7-10)21-3/h4-7,15H,8-9H2,1-3H3,(H2,18,19,22)/t15-/m1/s1. The monoisotopic (exact) mass is 316 g/mol. The van der Waals surface area contributed by atoms with Gasteiger partial charge in [-0.15, -0.1) is 0 Å². The van der Waals surface area contributed by atoms with Crippen molar-refractivity contribution in [2.45, 2.75) is 32.7 Å². The molecular weight excluding hydrogens is 296 g/mol. The van der Waals surface area contributed by atoms with Crippen molar-refractivity contribution in [2.24, 2.45) is 5.41 Å². The van der Waals surface area contributed by atoms with Crippen molar-refractivity contribution >= 4 is 23.1 Å². The van der Waals surface area contributed by atoms with Crippen molar-refractivity contribution in [3.05, 3.63) is 41.1 Å². The number of rotatable bonds is 2. The zero-order valence-electron chi connectivity index (χ0n) is 13.0. The molecule has 1 aromatic carbocycles. The second-order valence-electron chi connectivity index (χ2n) is 6.64. The summed E-state index contributed by atoms with van der Waals surface area (Å²) in [6.07, 6.45) is 1.39. The van der Waals surface area contributed by atoms with Gasteiger partial charge in [0.2, 0.25) is 0 Å². The second kappa shape index (κ2) is 5.39. The number of carbonyl (C=O) groups is 1. The Kier molecular flexibility index (Phi) is 3.68. The fraction of sp³-hybridized carbons (Fsp3) is 0.412. The van der Waals surface area contributed by atoms with Gasteiger partial charge in [-0.05, 0) is 41.7 Å². The van der Waals surface area contributed by atoms with Gasteiger partial charge in [0, 0.05) is 17.7 Å². The second-order valence-corrected chi connectivity index (χ2v) is 7.05. The Morgan fingerprint density at radius 1 is 1.32 bits per heavy atom. The van der Waals surface area contributed by atoms with Crippen molar-refractivity contribution in [3.63, 3.8) is 0 Å². The number of hydrogen-bond donors (Lipinski definition) is 2. The Hall–Kier alpha value is -1.88. The lowest BCUT2D eigenvalue weighted by atomic mass is 9.73. The third kappa shape index (κ3) is 2.73. The minimum Gasteiger partial charge on any atom is -0.497 e. The van der Waals surface area contributed by atoms with Gasteiger partial charge in [0.15, 0.2) is 10.9 Å². The maximum absolute atomic E-state index is 12.7. The molecule has 0 bridgehead atoms. The minimum atomic E-state index is -0.206. The van der Waals surface area contributed by atoms with Crippen LogP contribution in [0.2, 0.25) is 0 Å². The molecule has 0 saturated carbocycles. The van der Waals surface area contributed by atoms with Crippen molar-refractivity contribution in [2.75, 3.05) is 7.11 Å². The van der Waals surface area contributed by atoms with Gasteiger partial charge in [-0.3, -0.25) is 4.79 Å². The molecule has 2 N–H and O–H groups in total. The van der Waals surface area contributed by atoms with E-state index in [1.807, 2.05) is 24.3 Å². The van der Waals surface area contributed by atoms with Crippen LogP contribution in [0.15, 0.2) is 35.5 Å². The number of benzene rings is 1. The highest BCUT2D eigenvalue weighted by Gasteiger charge is 2.39. The highest BCUT2D eigenvalue weighted by Crippen LogP contribution is 2.41. The summed E-state index contributed by atoms with van der Waals surface area (Å²) < 4.78 is 5.29. The quantitative estimate of drug-likeness (QED) is 0.822. The third-order valence-corrected chi connectivity index (χ3v) is 4.40. The Bertz CT molecular complexity index is 679. The predicted molar refractivity (Wildman–Crippen MR) is 89.7 cm³/mol. The number of carbonyl (C=O) groups excluding carboxylic acids is 1. The molecule has 1 aromatic rings. The number of ketones is 1. The summed E-state index contributed by atoms with van der Waals surface area (Å²) in [7, 11) is 1.64. The molecule has 2 aliphatic rings. The molecule has 0 fully saturated rings. The van der Waals surface area contributed by atoms with Gasteiger partial charge in [0.1, 0.15) is 5.75 Å². The van der Waals surface area contributed by atoms with E-state index in [0.717, 1.165) is 29.0 Å². The zero-order chi connectivity index (χ0) is 15.9. The van der Waals surface area contributed by atoms with Crippen LogP contribution in [0.1, 0.15) is 38.3 Å². The molecule has 1 aliphatic carbocycles. The van der Waals surface area contributed by atoms with E-state index in [0.29, 0.717) is 11.5 Å². The van der Waals surface area contributed by atoms with Crippen LogP contribution in [-0.2, 0) is 4.79 Å². The highest BCUT2D eigenvalue weighted by molar-refractivity contribution is 7.80. The number of methoxy groups -OCH3 is 1. The van der Waals surface area contributed by atoms with Crippen LogP contribution < -0.4 is 15.4 Å². The van der Waals surface area contributed by atoms with Gasteiger partial charge in [-0.2, -0.15) is 0 Å². The van der Waals surface area contributed by atoms with Crippen LogP contribution in [0.4, 0.5) is 0 Å². The lowest BCUT2D eigenvalue weighted by molar-refractivity contribution is -0.118. The third-order valence-electron chi connectivity index (χ3n) is 4.18. The number of allylic oxidation sites excluding steroid dienone is 1. The fourth-order valence-corrected chi connectivity index (χ4v) is 3.47. The van der Waals surface area contributed by atoms with E-state index in [4.69, 9.17) is 17.0 Å². The van der Waals surface area contributed by atoms with Crippen LogP contribution in [0, 0.1) is 5.41 Å². The first-order chi connectivity index (χ1) is 10.4. The maximum Gasteiger partial charge on any atom is 0.171 e. The molecule has 4 nitrogen and oxygen atoms in total. The van der Waals surface area contributed by atoms with Crippen LogP contribution in [0.3, 0.4) is 0 Å². The summed E-state index contributed by atoms with van der Waals surface area (Å²) in [6.45, 7) is 4.23. The maximum atomic E-state index is 12.7. The molecule has 0 amide bonds. The predicted octanol–water partition coefficient (Wildman–Crippen LogP) is 2.86. The number of hydrogen-bond acceptors (Lipinski definition) is 3. The molecular formula is C17H20N2O2S. The van der Waals surface area contributed by atoms with Gasteiger partial charge < -0.3 is 15.4 Å². The largest absolute Gasteiger partial charge is 0.497 e. The zero-order valence-corrected chi connectivity index (χ0v) is 13.8. The van der Waals surface area contributed by atoms with Crippen LogP contribution in [0.25, 0.3) is 0 Å². The lowest BCUT2D eigenvalue weighted by Crippen LogP contribution is -2.48. The van der Waals surface area contributed by atoms with E-state index >= 15 is 0 Å². The van der Waals surface area contributed by atoms with Crippen LogP contribution in [0.5, 0.6) is 5.75 Å². The fourth-order valence-electron chi connectivity index (χ4n) is 3.23. The van der Waals surface area contributed by atoms with Crippen molar-refractivity contribution in [1.82, 2.24) is 10.6 Å². The summed E-state index contributed by atoms with van der Waals surface area (Å²) >= 11 is 5.33. The van der Waals surface area contributed by atoms with Crippen molar-refractivity contribution < 1.29 is 9.53 Å². The summed E-state index contributed by atoms with van der Waals surface area (Å²) in [4.78, 5) is 12.7. The van der Waals surface area contributed by atoms with Gasteiger partial charge in [0.25, 0.3) is 0 Å². The molecule has 0 saturated heterocycles. The van der Waals surface area contributed by atoms with Gasteiger partial charge in [-0.1, -0.05) is 26.0 Å². The molecule has 1 aliphatic heterocycles. The lowest BCUT2D eigenvalue weighted by Gasteiger charge is -2.39. The molecule has 1 heterocycles. The molecule has 1 atom stereocenters. The first-order valence-corrected chi connectivity index (χ1v) is 7.78. The first-order valence-electron chi connectivity index (χ1n) is 7.37. The molecule has 0 spiro atoms. The summed E-state index contributed by atoms with van der Waals surface area (Å²) in [6, 6.07) is 7.56. The molecule has 0 unspecified atom stereocenters.